The van der Waals surface area contributed by atoms with Crippen LogP contribution in [0.25, 0.3) is 5.69 Å². The molecule has 4 rings (SSSR count). The van der Waals surface area contributed by atoms with Crippen molar-refractivity contribution >= 4 is 5.95 Å². The fourth-order valence-corrected chi connectivity index (χ4v) is 3.38. The molecule has 2 aliphatic rings. The molecule has 0 radical (unpaired) electrons. The lowest BCUT2D eigenvalue weighted by atomic mass is 10.1. The summed E-state index contributed by atoms with van der Waals surface area (Å²) in [6.45, 7) is 3.20. The molecule has 0 amide bonds. The normalized spacial score (nSPS) is 25.2. The van der Waals surface area contributed by atoms with E-state index in [1.54, 1.807) is 0 Å². The number of aromatic nitrogens is 4. The van der Waals surface area contributed by atoms with E-state index < -0.39 is 0 Å². The van der Waals surface area contributed by atoms with Gasteiger partial charge in [0.25, 0.3) is 5.95 Å². The summed E-state index contributed by atoms with van der Waals surface area (Å²) in [6.07, 6.45) is 3.96. The van der Waals surface area contributed by atoms with Gasteiger partial charge in [-0.15, -0.1) is 0 Å². The van der Waals surface area contributed by atoms with Crippen molar-refractivity contribution in [1.29, 1.82) is 0 Å². The maximum Gasteiger partial charge on any atom is 0.250 e. The minimum atomic E-state index is 0.639. The van der Waals surface area contributed by atoms with Gasteiger partial charge < -0.3 is 4.90 Å². The highest BCUT2D eigenvalue weighted by molar-refractivity contribution is 5.43. The fraction of sp³-hybridized carbons (Fsp3) is 0.500. The maximum absolute atomic E-state index is 4.24. The highest BCUT2D eigenvalue weighted by Crippen LogP contribution is 2.39. The van der Waals surface area contributed by atoms with Crippen molar-refractivity contribution in [3.05, 3.63) is 29.8 Å². The van der Waals surface area contributed by atoms with Gasteiger partial charge in [0.15, 0.2) is 0 Å². The molecule has 1 saturated heterocycles. The summed E-state index contributed by atoms with van der Waals surface area (Å²) in [7, 11) is 0. The van der Waals surface area contributed by atoms with Gasteiger partial charge in [-0.1, -0.05) is 22.8 Å². The molecule has 5 nitrogen and oxygen atoms in total. The topological polar surface area (TPSA) is 46.8 Å². The Kier molecular flexibility index (Phi) is 2.33. The van der Waals surface area contributed by atoms with Crippen LogP contribution in [0.5, 0.6) is 0 Å². The van der Waals surface area contributed by atoms with E-state index in [1.807, 2.05) is 4.68 Å². The summed E-state index contributed by atoms with van der Waals surface area (Å²) in [5.74, 6) is 1.74. The van der Waals surface area contributed by atoms with Crippen molar-refractivity contribution in [2.75, 3.05) is 11.4 Å². The molecule has 2 fully saturated rings. The number of nitrogens with zero attached hydrogens (tertiary/aromatic N) is 5. The lowest BCUT2D eigenvalue weighted by Gasteiger charge is -2.27. The first kappa shape index (κ1) is 11.0. The third-order valence-corrected chi connectivity index (χ3v) is 4.40. The minimum Gasteiger partial charge on any atom is -0.336 e. The zero-order valence-electron chi connectivity index (χ0n) is 11.0. The van der Waals surface area contributed by atoms with Crippen LogP contribution in [0.1, 0.15) is 24.8 Å². The Balaban J connectivity index is 1.71. The highest BCUT2D eigenvalue weighted by Gasteiger charge is 2.40. The molecule has 1 aromatic carbocycles. The molecule has 0 spiro atoms. The summed E-state index contributed by atoms with van der Waals surface area (Å²) >= 11 is 0. The van der Waals surface area contributed by atoms with Crippen LogP contribution in [0.2, 0.25) is 0 Å². The molecular formula is C14H17N5. The number of fused-ring (bicyclic) bond motifs is 2. The molecule has 0 unspecified atom stereocenters. The van der Waals surface area contributed by atoms with Crippen LogP contribution in [0, 0.1) is 12.8 Å². The van der Waals surface area contributed by atoms with Gasteiger partial charge in [-0.2, -0.15) is 4.68 Å². The van der Waals surface area contributed by atoms with Gasteiger partial charge in [0.2, 0.25) is 0 Å². The molecule has 2 aromatic rings. The van der Waals surface area contributed by atoms with Gasteiger partial charge in [-0.3, -0.25) is 0 Å². The molecule has 1 aliphatic carbocycles. The monoisotopic (exact) mass is 255 g/mol. The summed E-state index contributed by atoms with van der Waals surface area (Å²) in [4.78, 5) is 2.38. The number of benzene rings is 1. The molecule has 19 heavy (non-hydrogen) atoms. The Labute approximate surface area is 112 Å². The molecule has 2 atom stereocenters. The van der Waals surface area contributed by atoms with E-state index in [2.05, 4.69) is 51.6 Å². The molecule has 98 valence electrons. The first-order valence-corrected chi connectivity index (χ1v) is 6.93. The van der Waals surface area contributed by atoms with Crippen LogP contribution >= 0.6 is 0 Å². The van der Waals surface area contributed by atoms with Gasteiger partial charge in [0.1, 0.15) is 0 Å². The summed E-state index contributed by atoms with van der Waals surface area (Å²) in [6, 6.07) is 8.97. The third kappa shape index (κ3) is 1.72. The molecule has 2 heterocycles. The van der Waals surface area contributed by atoms with Crippen molar-refractivity contribution in [1.82, 2.24) is 20.2 Å². The van der Waals surface area contributed by atoms with E-state index >= 15 is 0 Å². The zero-order valence-corrected chi connectivity index (χ0v) is 11.0. The maximum atomic E-state index is 4.24. The third-order valence-electron chi connectivity index (χ3n) is 4.40. The number of piperidine rings is 1. The Morgan fingerprint density at radius 3 is 2.68 bits per heavy atom. The van der Waals surface area contributed by atoms with Crippen LogP contribution in [0.3, 0.4) is 0 Å². The number of rotatable bonds is 2. The van der Waals surface area contributed by atoms with Crippen molar-refractivity contribution in [2.45, 2.75) is 32.2 Å². The highest BCUT2D eigenvalue weighted by atomic mass is 15.6. The Morgan fingerprint density at radius 2 is 2.00 bits per heavy atom. The Morgan fingerprint density at radius 1 is 1.16 bits per heavy atom. The molecule has 2 bridgehead atoms. The van der Waals surface area contributed by atoms with Gasteiger partial charge >= 0.3 is 0 Å². The zero-order chi connectivity index (χ0) is 12.8. The van der Waals surface area contributed by atoms with E-state index in [1.165, 1.54) is 24.8 Å². The first-order chi connectivity index (χ1) is 9.31. The van der Waals surface area contributed by atoms with Crippen LogP contribution in [-0.4, -0.2) is 32.8 Å². The number of anilines is 1. The molecule has 1 aromatic heterocycles. The fourth-order valence-electron chi connectivity index (χ4n) is 3.38. The quantitative estimate of drug-likeness (QED) is 0.823. The van der Waals surface area contributed by atoms with Gasteiger partial charge in [0.05, 0.1) is 5.69 Å². The number of aryl methyl sites for hydroxylation is 1. The molecule has 0 N–H and O–H groups in total. The Hall–Kier alpha value is -1.91. The molecule has 1 saturated carbocycles. The van der Waals surface area contributed by atoms with E-state index in [-0.39, 0.29) is 0 Å². The van der Waals surface area contributed by atoms with Crippen LogP contribution < -0.4 is 4.90 Å². The molecular weight excluding hydrogens is 238 g/mol. The Bertz CT molecular complexity index is 588. The SMILES string of the molecule is Cc1ccc(-n2nnnc2N2C[C@H]3CC[C@H]2C3)cc1. The second-order valence-electron chi connectivity index (χ2n) is 5.71. The van der Waals surface area contributed by atoms with Gasteiger partial charge in [0, 0.05) is 12.6 Å². The second kappa shape index (κ2) is 4.05. The lowest BCUT2D eigenvalue weighted by Crippen LogP contribution is -2.34. The van der Waals surface area contributed by atoms with E-state index in [4.69, 9.17) is 0 Å². The van der Waals surface area contributed by atoms with Crippen molar-refractivity contribution in [3.8, 4) is 5.69 Å². The van der Waals surface area contributed by atoms with Crippen molar-refractivity contribution in [2.24, 2.45) is 5.92 Å². The van der Waals surface area contributed by atoms with E-state index in [0.29, 0.717) is 6.04 Å². The van der Waals surface area contributed by atoms with E-state index in [9.17, 15) is 0 Å². The van der Waals surface area contributed by atoms with Crippen LogP contribution in [0.15, 0.2) is 24.3 Å². The molecule has 5 heteroatoms. The summed E-state index contributed by atoms with van der Waals surface area (Å²) in [5, 5.41) is 12.3. The minimum absolute atomic E-state index is 0.639. The largest absolute Gasteiger partial charge is 0.336 e. The summed E-state index contributed by atoms with van der Waals surface area (Å²) in [5.41, 5.74) is 2.28. The van der Waals surface area contributed by atoms with Crippen LogP contribution in [0.4, 0.5) is 5.95 Å². The van der Waals surface area contributed by atoms with Gasteiger partial charge in [-0.25, -0.2) is 0 Å². The van der Waals surface area contributed by atoms with Crippen LogP contribution in [-0.2, 0) is 0 Å². The average Bonchev–Trinajstić information content (AvgIpc) is 3.15. The standard InChI is InChI=1S/C14H17N5/c1-10-2-5-12(6-3-10)19-14(15-16-17-19)18-9-11-4-7-13(18)8-11/h2-3,5-6,11,13H,4,7-9H2,1H3/t11-,13-/m0/s1. The number of hydrogen-bond donors (Lipinski definition) is 0. The van der Waals surface area contributed by atoms with Crippen molar-refractivity contribution in [3.63, 3.8) is 0 Å². The van der Waals surface area contributed by atoms with Crippen molar-refractivity contribution < 1.29 is 0 Å². The molecule has 1 aliphatic heterocycles. The lowest BCUT2D eigenvalue weighted by molar-refractivity contribution is 0.543. The average molecular weight is 255 g/mol. The predicted molar refractivity (Wildman–Crippen MR) is 72.4 cm³/mol. The summed E-state index contributed by atoms with van der Waals surface area (Å²) < 4.78 is 1.86. The van der Waals surface area contributed by atoms with Gasteiger partial charge in [-0.05, 0) is 54.7 Å². The first-order valence-electron chi connectivity index (χ1n) is 6.93. The number of hydrogen-bond acceptors (Lipinski definition) is 4. The smallest absolute Gasteiger partial charge is 0.250 e. The predicted octanol–water partition coefficient (Wildman–Crippen LogP) is 1.96. The second-order valence-corrected chi connectivity index (χ2v) is 5.71. The number of tetrazole rings is 1. The van der Waals surface area contributed by atoms with E-state index in [0.717, 1.165) is 24.1 Å².